The number of benzene rings is 1. The van der Waals surface area contributed by atoms with Crippen LogP contribution in [0.15, 0.2) is 48.7 Å². The third-order valence-electron chi connectivity index (χ3n) is 6.14. The highest BCUT2D eigenvalue weighted by molar-refractivity contribution is 6.74. The highest BCUT2D eigenvalue weighted by atomic mass is 28.4. The van der Waals surface area contributed by atoms with Crippen LogP contribution in [-0.2, 0) is 20.5 Å². The minimum Gasteiger partial charge on any atom is -0.444 e. The van der Waals surface area contributed by atoms with Crippen LogP contribution in [0.25, 0.3) is 0 Å². The van der Waals surface area contributed by atoms with E-state index in [0.717, 1.165) is 5.56 Å². The topological polar surface area (TPSA) is 90.0 Å². The van der Waals surface area contributed by atoms with Crippen LogP contribution >= 0.6 is 0 Å². The molecule has 2 rings (SSSR count). The Morgan fingerprint density at radius 1 is 1.06 bits per heavy atom. The Kier molecular flexibility index (Phi) is 9.68. The summed E-state index contributed by atoms with van der Waals surface area (Å²) in [5.41, 5.74) is 1.33. The number of carbonyl (C=O) groups is 2. The van der Waals surface area contributed by atoms with Crippen molar-refractivity contribution in [3.8, 4) is 0 Å². The molecule has 0 spiro atoms. The molecule has 0 fully saturated rings. The monoisotopic (exact) mass is 515 g/mol. The van der Waals surface area contributed by atoms with Crippen LogP contribution < -0.4 is 5.32 Å². The number of rotatable bonds is 8. The summed E-state index contributed by atoms with van der Waals surface area (Å²) in [5.74, 6) is 0. The van der Waals surface area contributed by atoms with E-state index in [1.54, 1.807) is 25.4 Å². The SMILES string of the molecule is CN(C(=O)OC(C)(C)C)C(CO[Si](C)(C)C(C)(C)C)c1cc(NC(=O)OCc2ccccc2)ccn1. The van der Waals surface area contributed by atoms with Gasteiger partial charge in [-0.2, -0.15) is 0 Å². The van der Waals surface area contributed by atoms with Gasteiger partial charge in [-0.05, 0) is 56.6 Å². The molecule has 0 bridgehead atoms. The van der Waals surface area contributed by atoms with E-state index in [9.17, 15) is 9.59 Å². The number of hydrogen-bond donors (Lipinski definition) is 1. The third kappa shape index (κ3) is 8.95. The minimum absolute atomic E-state index is 0.00137. The Bertz CT molecular complexity index is 1020. The fourth-order valence-corrected chi connectivity index (χ4v) is 3.95. The van der Waals surface area contributed by atoms with E-state index in [1.807, 2.05) is 51.1 Å². The second-order valence-electron chi connectivity index (χ2n) is 11.3. The van der Waals surface area contributed by atoms with Gasteiger partial charge in [0.05, 0.1) is 18.3 Å². The fourth-order valence-electron chi connectivity index (χ4n) is 2.95. The zero-order valence-corrected chi connectivity index (χ0v) is 24.0. The molecule has 1 aromatic carbocycles. The molecule has 0 saturated carbocycles. The molecule has 0 aliphatic heterocycles. The van der Waals surface area contributed by atoms with Gasteiger partial charge in [0.2, 0.25) is 0 Å². The van der Waals surface area contributed by atoms with E-state index in [4.69, 9.17) is 13.9 Å². The summed E-state index contributed by atoms with van der Waals surface area (Å²) in [4.78, 5) is 31.3. The van der Waals surface area contributed by atoms with Crippen molar-refractivity contribution in [1.29, 1.82) is 0 Å². The van der Waals surface area contributed by atoms with Crippen LogP contribution in [0.2, 0.25) is 18.1 Å². The molecule has 198 valence electrons. The predicted octanol–water partition coefficient (Wildman–Crippen LogP) is 6.76. The Balaban J connectivity index is 2.22. The van der Waals surface area contributed by atoms with Gasteiger partial charge >= 0.3 is 12.2 Å². The summed E-state index contributed by atoms with van der Waals surface area (Å²) in [5, 5.41) is 2.74. The van der Waals surface area contributed by atoms with Crippen molar-refractivity contribution in [2.24, 2.45) is 0 Å². The molecule has 36 heavy (non-hydrogen) atoms. The molecule has 0 saturated heterocycles. The number of carbonyl (C=O) groups excluding carboxylic acids is 2. The van der Waals surface area contributed by atoms with Gasteiger partial charge in [0, 0.05) is 18.9 Å². The Hall–Kier alpha value is -2.91. The maximum atomic E-state index is 12.9. The van der Waals surface area contributed by atoms with Gasteiger partial charge in [0.25, 0.3) is 0 Å². The van der Waals surface area contributed by atoms with Crippen molar-refractivity contribution in [2.75, 3.05) is 19.0 Å². The summed E-state index contributed by atoms with van der Waals surface area (Å²) >= 11 is 0. The standard InChI is InChI=1S/C27H41N3O5Si/c1-26(2,3)35-25(32)30(7)23(19-34-36(8,9)27(4,5)6)22-17-21(15-16-28-22)29-24(31)33-18-20-13-11-10-12-14-20/h10-17,23H,18-19H2,1-9H3,(H,28,29,31). The van der Waals surface area contributed by atoms with Gasteiger partial charge in [0.15, 0.2) is 8.32 Å². The number of likely N-dealkylation sites (N-methyl/N-ethyl adjacent to an activating group) is 1. The lowest BCUT2D eigenvalue weighted by Gasteiger charge is -2.38. The lowest BCUT2D eigenvalue weighted by molar-refractivity contribution is 0.0161. The summed E-state index contributed by atoms with van der Waals surface area (Å²) in [6.07, 6.45) is 0.532. The number of pyridine rings is 1. The number of ether oxygens (including phenoxy) is 2. The van der Waals surface area contributed by atoms with E-state index in [2.05, 4.69) is 44.2 Å². The normalized spacial score (nSPS) is 13.0. The average Bonchev–Trinajstić information content (AvgIpc) is 2.76. The van der Waals surface area contributed by atoms with Gasteiger partial charge < -0.3 is 18.8 Å². The number of amides is 2. The number of anilines is 1. The smallest absolute Gasteiger partial charge is 0.411 e. The Morgan fingerprint density at radius 2 is 1.69 bits per heavy atom. The minimum atomic E-state index is -2.11. The highest BCUT2D eigenvalue weighted by Gasteiger charge is 2.39. The van der Waals surface area contributed by atoms with Gasteiger partial charge in [-0.1, -0.05) is 51.1 Å². The quantitative estimate of drug-likeness (QED) is 0.391. The van der Waals surface area contributed by atoms with Crippen molar-refractivity contribution in [2.45, 2.75) is 77.9 Å². The summed E-state index contributed by atoms with van der Waals surface area (Å²) in [6, 6.07) is 12.3. The molecule has 0 radical (unpaired) electrons. The lowest BCUT2D eigenvalue weighted by Crippen LogP contribution is -2.45. The summed E-state index contributed by atoms with van der Waals surface area (Å²) in [7, 11) is -0.437. The largest absolute Gasteiger partial charge is 0.444 e. The first-order valence-corrected chi connectivity index (χ1v) is 15.0. The molecule has 1 unspecified atom stereocenters. The van der Waals surface area contributed by atoms with Crippen molar-refractivity contribution in [1.82, 2.24) is 9.88 Å². The van der Waals surface area contributed by atoms with E-state index >= 15 is 0 Å². The molecular weight excluding hydrogens is 474 g/mol. The lowest BCUT2D eigenvalue weighted by atomic mass is 10.1. The number of nitrogens with one attached hydrogen (secondary N) is 1. The fraction of sp³-hybridized carbons (Fsp3) is 0.519. The molecule has 1 N–H and O–H groups in total. The second-order valence-corrected chi connectivity index (χ2v) is 16.1. The first-order valence-electron chi connectivity index (χ1n) is 12.1. The molecule has 2 aromatic rings. The molecule has 1 aromatic heterocycles. The zero-order valence-electron chi connectivity index (χ0n) is 23.0. The van der Waals surface area contributed by atoms with Gasteiger partial charge in [0.1, 0.15) is 12.2 Å². The molecule has 0 aliphatic rings. The van der Waals surface area contributed by atoms with E-state index < -0.39 is 32.1 Å². The van der Waals surface area contributed by atoms with Crippen molar-refractivity contribution in [3.63, 3.8) is 0 Å². The maximum Gasteiger partial charge on any atom is 0.411 e. The first kappa shape index (κ1) is 29.3. The van der Waals surface area contributed by atoms with Gasteiger partial charge in [-0.25, -0.2) is 9.59 Å². The molecule has 0 aliphatic carbocycles. The van der Waals surface area contributed by atoms with Crippen LogP contribution in [-0.4, -0.2) is 49.6 Å². The molecule has 8 nitrogen and oxygen atoms in total. The maximum absolute atomic E-state index is 12.9. The van der Waals surface area contributed by atoms with E-state index in [0.29, 0.717) is 11.4 Å². The second kappa shape index (κ2) is 11.9. The van der Waals surface area contributed by atoms with Crippen LogP contribution in [0.4, 0.5) is 15.3 Å². The predicted molar refractivity (Wildman–Crippen MR) is 144 cm³/mol. The molecule has 9 heteroatoms. The van der Waals surface area contributed by atoms with Crippen LogP contribution in [0.3, 0.4) is 0 Å². The van der Waals surface area contributed by atoms with E-state index in [1.165, 1.54) is 4.90 Å². The molecular formula is C27H41N3O5Si. The molecule has 1 heterocycles. The Morgan fingerprint density at radius 3 is 2.28 bits per heavy atom. The van der Waals surface area contributed by atoms with Crippen molar-refractivity contribution in [3.05, 3.63) is 59.9 Å². The summed E-state index contributed by atoms with van der Waals surface area (Å²) in [6.45, 7) is 16.7. The first-order chi connectivity index (χ1) is 16.6. The third-order valence-corrected chi connectivity index (χ3v) is 10.6. The van der Waals surface area contributed by atoms with Crippen LogP contribution in [0.1, 0.15) is 58.8 Å². The van der Waals surface area contributed by atoms with Crippen LogP contribution in [0.5, 0.6) is 0 Å². The van der Waals surface area contributed by atoms with Crippen LogP contribution in [0, 0.1) is 0 Å². The van der Waals surface area contributed by atoms with Gasteiger partial charge in [-0.15, -0.1) is 0 Å². The summed E-state index contributed by atoms with van der Waals surface area (Å²) < 4.78 is 17.4. The highest BCUT2D eigenvalue weighted by Crippen LogP contribution is 2.37. The number of nitrogens with zero attached hydrogens (tertiary/aromatic N) is 2. The zero-order chi connectivity index (χ0) is 27.1. The number of hydrogen-bond acceptors (Lipinski definition) is 6. The van der Waals surface area contributed by atoms with Gasteiger partial charge in [-0.3, -0.25) is 10.3 Å². The average molecular weight is 516 g/mol. The number of aromatic nitrogens is 1. The molecule has 1 atom stereocenters. The Labute approximate surface area is 216 Å². The molecule has 2 amide bonds. The van der Waals surface area contributed by atoms with E-state index in [-0.39, 0.29) is 18.3 Å². The van der Waals surface area contributed by atoms with Crippen molar-refractivity contribution >= 4 is 26.2 Å². The van der Waals surface area contributed by atoms with Crippen molar-refractivity contribution < 1.29 is 23.5 Å².